The van der Waals surface area contributed by atoms with Gasteiger partial charge in [0.2, 0.25) is 0 Å². The van der Waals surface area contributed by atoms with Crippen LogP contribution in [0.1, 0.15) is 0 Å². The van der Waals surface area contributed by atoms with Crippen molar-refractivity contribution in [2.75, 3.05) is 11.1 Å². The van der Waals surface area contributed by atoms with Crippen LogP contribution in [-0.4, -0.2) is 30.4 Å². The predicted molar refractivity (Wildman–Crippen MR) is 57.4 cm³/mol. The normalized spacial score (nSPS) is 22.9. The van der Waals surface area contributed by atoms with Crippen LogP contribution in [0.3, 0.4) is 0 Å². The molecule has 1 aromatic rings. The topological polar surface area (TPSA) is 72.0 Å². The van der Waals surface area contributed by atoms with Crippen molar-refractivity contribution in [3.05, 3.63) is 28.8 Å². The third-order valence-corrected chi connectivity index (χ3v) is 3.49. The molecule has 2 heterocycles. The molecule has 0 bridgehead atoms. The zero-order valence-corrected chi connectivity index (χ0v) is 9.16. The number of hydrogen-bond donors (Lipinski definition) is 1. The summed E-state index contributed by atoms with van der Waals surface area (Å²) in [6, 6.07) is 2.99. The lowest BCUT2D eigenvalue weighted by Gasteiger charge is -2.09. The molecule has 0 saturated carbocycles. The molecule has 80 valence electrons. The first kappa shape index (κ1) is 10.4. The molecule has 0 amide bonds. The summed E-state index contributed by atoms with van der Waals surface area (Å²) in [5, 5.41) is 11.8. The second kappa shape index (κ2) is 3.79. The average Bonchev–Trinajstić information content (AvgIpc) is 2.50. The Balaban J connectivity index is 2.05. The molecule has 0 aliphatic carbocycles. The maximum atomic E-state index is 11.1. The van der Waals surface area contributed by atoms with Gasteiger partial charge in [0, 0.05) is 5.41 Å². The van der Waals surface area contributed by atoms with Crippen LogP contribution in [0.2, 0.25) is 5.15 Å². The Morgan fingerprint density at radius 3 is 2.73 bits per heavy atom. The van der Waals surface area contributed by atoms with Crippen LogP contribution < -0.4 is 5.32 Å². The van der Waals surface area contributed by atoms with Gasteiger partial charge in [-0.2, -0.15) is 0 Å². The van der Waals surface area contributed by atoms with Crippen molar-refractivity contribution in [1.82, 2.24) is 10.2 Å². The highest BCUT2D eigenvalue weighted by Gasteiger charge is 2.21. The summed E-state index contributed by atoms with van der Waals surface area (Å²) in [6.45, 7) is 0. The quantitative estimate of drug-likeness (QED) is 0.837. The maximum Gasteiger partial charge on any atom is 0.173 e. The highest BCUT2D eigenvalue weighted by atomic mass is 35.5. The Hall–Kier alpha value is -1.14. The lowest BCUT2D eigenvalue weighted by Crippen LogP contribution is -2.21. The van der Waals surface area contributed by atoms with Gasteiger partial charge in [0.05, 0.1) is 11.8 Å². The number of aromatic nitrogens is 2. The molecule has 0 fully saturated rings. The van der Waals surface area contributed by atoms with E-state index < -0.39 is 9.84 Å². The Morgan fingerprint density at radius 2 is 2.20 bits per heavy atom. The van der Waals surface area contributed by atoms with Crippen molar-refractivity contribution in [3.8, 4) is 0 Å². The standard InChI is InChI=1S/C8H8ClN3O2S/c9-7-1-2-8(12-11-7)10-6-3-4-15(13,14)5-6/h1-4,6H,5H2,(H,10,12). The number of nitrogens with one attached hydrogen (secondary N) is 1. The Morgan fingerprint density at radius 1 is 1.40 bits per heavy atom. The average molecular weight is 246 g/mol. The predicted octanol–water partition coefficient (Wildman–Crippen LogP) is 0.853. The molecule has 0 radical (unpaired) electrons. The summed E-state index contributed by atoms with van der Waals surface area (Å²) in [4.78, 5) is 0. The molecule has 0 aromatic carbocycles. The van der Waals surface area contributed by atoms with Gasteiger partial charge in [-0.3, -0.25) is 0 Å². The Kier molecular flexibility index (Phi) is 2.62. The number of anilines is 1. The molecule has 0 spiro atoms. The third-order valence-electron chi connectivity index (χ3n) is 1.90. The lowest BCUT2D eigenvalue weighted by atomic mass is 10.3. The Labute approximate surface area is 92.1 Å². The van der Waals surface area contributed by atoms with Crippen LogP contribution in [0, 0.1) is 0 Å². The van der Waals surface area contributed by atoms with Crippen LogP contribution >= 0.6 is 11.6 Å². The first-order chi connectivity index (χ1) is 7.05. The van der Waals surface area contributed by atoms with E-state index in [1.807, 2.05) is 0 Å². The summed E-state index contributed by atoms with van der Waals surface area (Å²) < 4.78 is 22.2. The molecule has 7 heteroatoms. The van der Waals surface area contributed by atoms with Crippen LogP contribution in [0.5, 0.6) is 0 Å². The molecule has 2 rings (SSSR count). The van der Waals surface area contributed by atoms with Gasteiger partial charge in [-0.1, -0.05) is 11.6 Å². The van der Waals surface area contributed by atoms with Crippen molar-refractivity contribution in [2.24, 2.45) is 0 Å². The highest BCUT2D eigenvalue weighted by Crippen LogP contribution is 2.13. The van der Waals surface area contributed by atoms with Crippen molar-refractivity contribution in [1.29, 1.82) is 0 Å². The molecule has 1 aliphatic rings. The second-order valence-electron chi connectivity index (χ2n) is 3.15. The van der Waals surface area contributed by atoms with E-state index in [4.69, 9.17) is 11.6 Å². The first-order valence-electron chi connectivity index (χ1n) is 4.22. The molecule has 1 N–H and O–H groups in total. The van der Waals surface area contributed by atoms with Gasteiger partial charge in [0.25, 0.3) is 0 Å². The van der Waals surface area contributed by atoms with Crippen LogP contribution in [0.15, 0.2) is 23.6 Å². The summed E-state index contributed by atoms with van der Waals surface area (Å²) >= 11 is 5.56. The fraction of sp³-hybridized carbons (Fsp3) is 0.250. The molecule has 0 saturated heterocycles. The van der Waals surface area contributed by atoms with E-state index in [1.54, 1.807) is 18.2 Å². The summed E-state index contributed by atoms with van der Waals surface area (Å²) in [5.41, 5.74) is 0. The fourth-order valence-electron chi connectivity index (χ4n) is 1.25. The maximum absolute atomic E-state index is 11.1. The first-order valence-corrected chi connectivity index (χ1v) is 6.31. The van der Waals surface area contributed by atoms with E-state index in [1.165, 1.54) is 5.41 Å². The van der Waals surface area contributed by atoms with E-state index in [9.17, 15) is 8.42 Å². The van der Waals surface area contributed by atoms with Gasteiger partial charge in [-0.15, -0.1) is 10.2 Å². The van der Waals surface area contributed by atoms with Crippen LogP contribution in [0.4, 0.5) is 5.82 Å². The smallest absolute Gasteiger partial charge is 0.173 e. The van der Waals surface area contributed by atoms with Crippen molar-refractivity contribution >= 4 is 27.3 Å². The third kappa shape index (κ3) is 2.66. The van der Waals surface area contributed by atoms with Gasteiger partial charge in [0.1, 0.15) is 5.82 Å². The van der Waals surface area contributed by atoms with Gasteiger partial charge >= 0.3 is 0 Å². The molecule has 15 heavy (non-hydrogen) atoms. The molecule has 1 aromatic heterocycles. The number of nitrogens with zero attached hydrogens (tertiary/aromatic N) is 2. The minimum Gasteiger partial charge on any atom is -0.361 e. The summed E-state index contributed by atoms with van der Waals surface area (Å²) in [6.07, 6.45) is 1.59. The molecular weight excluding hydrogens is 238 g/mol. The zero-order chi connectivity index (χ0) is 10.9. The van der Waals surface area contributed by atoms with Gasteiger partial charge in [0.15, 0.2) is 15.0 Å². The Bertz CT molecular complexity index is 483. The van der Waals surface area contributed by atoms with Gasteiger partial charge in [-0.25, -0.2) is 8.42 Å². The summed E-state index contributed by atoms with van der Waals surface area (Å²) in [5.74, 6) is 0.559. The van der Waals surface area contributed by atoms with Crippen molar-refractivity contribution in [3.63, 3.8) is 0 Å². The van der Waals surface area contributed by atoms with E-state index >= 15 is 0 Å². The van der Waals surface area contributed by atoms with E-state index in [0.717, 1.165) is 0 Å². The fourth-order valence-corrected chi connectivity index (χ4v) is 2.58. The summed E-state index contributed by atoms with van der Waals surface area (Å²) in [7, 11) is -3.04. The molecule has 1 unspecified atom stereocenters. The highest BCUT2D eigenvalue weighted by molar-refractivity contribution is 7.94. The second-order valence-corrected chi connectivity index (χ2v) is 5.47. The minimum absolute atomic E-state index is 0.0529. The largest absolute Gasteiger partial charge is 0.361 e. The SMILES string of the molecule is O=S1(=O)C=CC(Nc2ccc(Cl)nn2)C1. The van der Waals surface area contributed by atoms with E-state index in [0.29, 0.717) is 11.0 Å². The van der Waals surface area contributed by atoms with E-state index in [2.05, 4.69) is 15.5 Å². The van der Waals surface area contributed by atoms with Gasteiger partial charge < -0.3 is 5.32 Å². The van der Waals surface area contributed by atoms with E-state index in [-0.39, 0.29) is 11.8 Å². The molecule has 1 atom stereocenters. The van der Waals surface area contributed by atoms with Crippen molar-refractivity contribution in [2.45, 2.75) is 6.04 Å². The number of hydrogen-bond acceptors (Lipinski definition) is 5. The molecular formula is C8H8ClN3O2S. The van der Waals surface area contributed by atoms with Gasteiger partial charge in [-0.05, 0) is 18.2 Å². The number of rotatable bonds is 2. The lowest BCUT2D eigenvalue weighted by molar-refractivity contribution is 0.605. The van der Waals surface area contributed by atoms with Crippen molar-refractivity contribution < 1.29 is 8.42 Å². The zero-order valence-electron chi connectivity index (χ0n) is 7.59. The van der Waals surface area contributed by atoms with Crippen LogP contribution in [-0.2, 0) is 9.84 Å². The number of halogens is 1. The number of sulfone groups is 1. The molecule has 1 aliphatic heterocycles. The monoisotopic (exact) mass is 245 g/mol. The van der Waals surface area contributed by atoms with Crippen LogP contribution in [0.25, 0.3) is 0 Å². The molecule has 5 nitrogen and oxygen atoms in total. The minimum atomic E-state index is -3.04.